The minimum Gasteiger partial charge on any atom is -0.376 e. The van der Waals surface area contributed by atoms with Crippen molar-refractivity contribution in [1.29, 1.82) is 0 Å². The van der Waals surface area contributed by atoms with Crippen LogP contribution < -0.4 is 16.4 Å². The Labute approximate surface area is 181 Å². The third-order valence-electron chi connectivity index (χ3n) is 5.17. The maximum absolute atomic E-state index is 13.5. The van der Waals surface area contributed by atoms with Crippen LogP contribution in [0.1, 0.15) is 5.56 Å². The van der Waals surface area contributed by atoms with Gasteiger partial charge in [-0.2, -0.15) is 5.10 Å². The number of benzene rings is 2. The Morgan fingerprint density at radius 3 is 2.47 bits per heavy atom. The molecule has 158 valence electrons. The van der Waals surface area contributed by atoms with Gasteiger partial charge in [-0.1, -0.05) is 18.2 Å². The lowest BCUT2D eigenvalue weighted by Crippen LogP contribution is -2.19. The van der Waals surface area contributed by atoms with Crippen molar-refractivity contribution in [3.05, 3.63) is 111 Å². The van der Waals surface area contributed by atoms with Gasteiger partial charge in [0.15, 0.2) is 0 Å². The average Bonchev–Trinajstić information content (AvgIpc) is 3.17. The zero-order valence-electron chi connectivity index (χ0n) is 16.8. The highest BCUT2D eigenvalue weighted by Crippen LogP contribution is 2.29. The van der Waals surface area contributed by atoms with Crippen molar-refractivity contribution in [3.8, 4) is 16.9 Å². The number of aromatic amines is 2. The molecular weight excluding hydrogens is 409 g/mol. The second-order valence-electron chi connectivity index (χ2n) is 7.26. The van der Waals surface area contributed by atoms with Crippen LogP contribution in [0.5, 0.6) is 0 Å². The summed E-state index contributed by atoms with van der Waals surface area (Å²) in [5, 5.41) is 8.43. The second-order valence-corrected chi connectivity index (χ2v) is 7.26. The number of nitrogens with zero attached hydrogens (tertiary/aromatic N) is 2. The maximum Gasteiger partial charge on any atom is 0.271 e. The third kappa shape index (κ3) is 3.58. The first-order valence-corrected chi connectivity index (χ1v) is 9.98. The van der Waals surface area contributed by atoms with E-state index in [1.807, 2.05) is 30.3 Å². The molecule has 0 saturated carbocycles. The van der Waals surface area contributed by atoms with Crippen molar-refractivity contribution in [2.75, 3.05) is 5.32 Å². The molecule has 3 aromatic heterocycles. The molecule has 0 aliphatic carbocycles. The first kappa shape index (κ1) is 19.5. The van der Waals surface area contributed by atoms with Gasteiger partial charge in [0.25, 0.3) is 11.1 Å². The lowest BCUT2D eigenvalue weighted by atomic mass is 10.1. The summed E-state index contributed by atoms with van der Waals surface area (Å²) in [5.74, 6) is -0.341. The standard InChI is InChI=1S/C24H18FN5O2/c25-17-10-8-15(9-11-17)21-19-13-16(14-27-20-7-4-12-26-24(20)32)23(31)28-22(19)30(29-21)18-5-2-1-3-6-18/h1-13,27H,14H2,(H,26,32)(H,28,31). The van der Waals surface area contributed by atoms with E-state index in [1.54, 1.807) is 41.2 Å². The van der Waals surface area contributed by atoms with E-state index in [1.165, 1.54) is 12.1 Å². The Balaban J connectivity index is 1.65. The van der Waals surface area contributed by atoms with Gasteiger partial charge in [0.05, 0.1) is 5.69 Å². The number of rotatable bonds is 5. The summed E-state index contributed by atoms with van der Waals surface area (Å²) in [4.78, 5) is 30.3. The van der Waals surface area contributed by atoms with Crippen LogP contribution in [0.2, 0.25) is 0 Å². The molecule has 0 unspecified atom stereocenters. The van der Waals surface area contributed by atoms with Crippen molar-refractivity contribution in [2.24, 2.45) is 0 Å². The molecule has 5 rings (SSSR count). The fourth-order valence-electron chi connectivity index (χ4n) is 3.57. The number of anilines is 1. The normalized spacial score (nSPS) is 11.0. The molecule has 5 aromatic rings. The van der Waals surface area contributed by atoms with E-state index in [0.29, 0.717) is 28.0 Å². The van der Waals surface area contributed by atoms with Gasteiger partial charge in [0.2, 0.25) is 0 Å². The van der Waals surface area contributed by atoms with E-state index in [0.717, 1.165) is 11.3 Å². The van der Waals surface area contributed by atoms with Crippen LogP contribution >= 0.6 is 0 Å². The summed E-state index contributed by atoms with van der Waals surface area (Å²) in [6, 6.07) is 20.6. The molecule has 0 atom stereocenters. The summed E-state index contributed by atoms with van der Waals surface area (Å²) in [5.41, 5.74) is 2.89. The van der Waals surface area contributed by atoms with Crippen LogP contribution in [-0.4, -0.2) is 19.7 Å². The van der Waals surface area contributed by atoms with Crippen LogP contribution in [0.3, 0.4) is 0 Å². The SMILES string of the molecule is O=c1[nH]c2c(cc1CNc1ccc[nH]c1=O)c(-c1ccc(F)cc1)nn2-c1ccccc1. The minimum atomic E-state index is -0.341. The van der Waals surface area contributed by atoms with Crippen LogP contribution in [0, 0.1) is 5.82 Å². The zero-order valence-corrected chi connectivity index (χ0v) is 16.8. The second kappa shape index (κ2) is 7.99. The number of para-hydroxylation sites is 1. The quantitative estimate of drug-likeness (QED) is 0.397. The Bertz CT molecular complexity index is 1520. The van der Waals surface area contributed by atoms with Crippen LogP contribution in [0.15, 0.2) is 88.6 Å². The molecule has 7 nitrogen and oxygen atoms in total. The van der Waals surface area contributed by atoms with E-state index >= 15 is 0 Å². The highest BCUT2D eigenvalue weighted by molar-refractivity contribution is 5.92. The summed E-state index contributed by atoms with van der Waals surface area (Å²) in [6.07, 6.45) is 1.54. The van der Waals surface area contributed by atoms with Gasteiger partial charge < -0.3 is 15.3 Å². The molecule has 2 aromatic carbocycles. The molecule has 0 amide bonds. The van der Waals surface area contributed by atoms with Gasteiger partial charge in [0.1, 0.15) is 22.8 Å². The van der Waals surface area contributed by atoms with E-state index in [2.05, 4.69) is 15.3 Å². The molecule has 3 heterocycles. The first-order chi connectivity index (χ1) is 15.6. The van der Waals surface area contributed by atoms with E-state index < -0.39 is 0 Å². The van der Waals surface area contributed by atoms with Crippen molar-refractivity contribution < 1.29 is 4.39 Å². The molecular formula is C24H18FN5O2. The molecule has 0 bridgehead atoms. The van der Waals surface area contributed by atoms with Crippen molar-refractivity contribution in [3.63, 3.8) is 0 Å². The number of H-pyrrole nitrogens is 2. The predicted molar refractivity (Wildman–Crippen MR) is 121 cm³/mol. The molecule has 3 N–H and O–H groups in total. The summed E-state index contributed by atoms with van der Waals surface area (Å²) in [7, 11) is 0. The number of hydrogen-bond acceptors (Lipinski definition) is 4. The minimum absolute atomic E-state index is 0.151. The molecule has 32 heavy (non-hydrogen) atoms. The van der Waals surface area contributed by atoms with E-state index in [9.17, 15) is 14.0 Å². The van der Waals surface area contributed by atoms with Crippen molar-refractivity contribution >= 4 is 16.7 Å². The molecule has 0 spiro atoms. The number of fused-ring (bicyclic) bond motifs is 1. The maximum atomic E-state index is 13.5. The number of aromatic nitrogens is 4. The Morgan fingerprint density at radius 2 is 1.72 bits per heavy atom. The summed E-state index contributed by atoms with van der Waals surface area (Å²) >= 11 is 0. The van der Waals surface area contributed by atoms with Crippen molar-refractivity contribution in [2.45, 2.75) is 6.54 Å². The lowest BCUT2D eigenvalue weighted by Gasteiger charge is -2.06. The van der Waals surface area contributed by atoms with E-state index in [-0.39, 0.29) is 23.5 Å². The number of halogens is 1. The Kier molecular flexibility index (Phi) is 4.87. The summed E-state index contributed by atoms with van der Waals surface area (Å²) in [6.45, 7) is 0.151. The topological polar surface area (TPSA) is 95.6 Å². The monoisotopic (exact) mass is 427 g/mol. The largest absolute Gasteiger partial charge is 0.376 e. The highest BCUT2D eigenvalue weighted by Gasteiger charge is 2.17. The van der Waals surface area contributed by atoms with Gasteiger partial charge in [0, 0.05) is 29.3 Å². The Morgan fingerprint density at radius 1 is 0.938 bits per heavy atom. The van der Waals surface area contributed by atoms with Crippen LogP contribution in [0.25, 0.3) is 28.0 Å². The van der Waals surface area contributed by atoms with Crippen molar-refractivity contribution in [1.82, 2.24) is 19.7 Å². The lowest BCUT2D eigenvalue weighted by molar-refractivity contribution is 0.628. The smallest absolute Gasteiger partial charge is 0.271 e. The van der Waals surface area contributed by atoms with Crippen LogP contribution in [-0.2, 0) is 6.54 Å². The first-order valence-electron chi connectivity index (χ1n) is 9.98. The molecule has 0 aliphatic heterocycles. The summed E-state index contributed by atoms with van der Waals surface area (Å²) < 4.78 is 15.1. The predicted octanol–water partition coefficient (Wildman–Crippen LogP) is 3.82. The van der Waals surface area contributed by atoms with Gasteiger partial charge in [-0.15, -0.1) is 0 Å². The highest BCUT2D eigenvalue weighted by atomic mass is 19.1. The van der Waals surface area contributed by atoms with Gasteiger partial charge in [-0.05, 0) is 54.6 Å². The van der Waals surface area contributed by atoms with Crippen LogP contribution in [0.4, 0.5) is 10.1 Å². The number of hydrogen-bond donors (Lipinski definition) is 3. The molecule has 0 aliphatic rings. The molecule has 8 heteroatoms. The fraction of sp³-hybridized carbons (Fsp3) is 0.0417. The average molecular weight is 427 g/mol. The molecule has 0 saturated heterocycles. The van der Waals surface area contributed by atoms with Gasteiger partial charge in [-0.25, -0.2) is 9.07 Å². The molecule has 0 fully saturated rings. The van der Waals surface area contributed by atoms with Gasteiger partial charge >= 0.3 is 0 Å². The van der Waals surface area contributed by atoms with E-state index in [4.69, 9.17) is 5.10 Å². The number of nitrogens with one attached hydrogen (secondary N) is 3. The van der Waals surface area contributed by atoms with Gasteiger partial charge in [-0.3, -0.25) is 9.59 Å². The molecule has 0 radical (unpaired) electrons. The zero-order chi connectivity index (χ0) is 22.1. The number of pyridine rings is 2. The Hall–Kier alpha value is -4.46. The third-order valence-corrected chi connectivity index (χ3v) is 5.17. The fourth-order valence-corrected chi connectivity index (χ4v) is 3.57.